The smallest absolute Gasteiger partial charge is 0.255 e. The average molecular weight is 467 g/mol. The Labute approximate surface area is 194 Å². The summed E-state index contributed by atoms with van der Waals surface area (Å²) < 4.78 is 37.1. The summed E-state index contributed by atoms with van der Waals surface area (Å²) in [6.45, 7) is 4.37. The molecular formula is C25H26N2O5S. The molecule has 1 aliphatic rings. The van der Waals surface area contributed by atoms with Gasteiger partial charge in [0.15, 0.2) is 5.75 Å². The van der Waals surface area contributed by atoms with Gasteiger partial charge in [-0.25, -0.2) is 8.42 Å². The van der Waals surface area contributed by atoms with Gasteiger partial charge in [0.05, 0.1) is 24.2 Å². The van der Waals surface area contributed by atoms with E-state index in [4.69, 9.17) is 9.47 Å². The van der Waals surface area contributed by atoms with Crippen LogP contribution in [0.4, 0.5) is 11.4 Å². The lowest BCUT2D eigenvalue weighted by Crippen LogP contribution is -2.34. The van der Waals surface area contributed by atoms with Crippen LogP contribution in [0, 0.1) is 0 Å². The van der Waals surface area contributed by atoms with E-state index < -0.39 is 10.0 Å². The molecule has 1 unspecified atom stereocenters. The number of sulfonamides is 1. The maximum atomic E-state index is 13.0. The molecule has 7 nitrogen and oxygen atoms in total. The van der Waals surface area contributed by atoms with Gasteiger partial charge in [-0.2, -0.15) is 0 Å². The topological polar surface area (TPSA) is 84.9 Å². The molecule has 1 amide bonds. The summed E-state index contributed by atoms with van der Waals surface area (Å²) in [6.07, 6.45) is 1.75. The largest absolute Gasteiger partial charge is 0.494 e. The van der Waals surface area contributed by atoms with Crippen LogP contribution in [0.3, 0.4) is 0 Å². The molecule has 4 rings (SSSR count). The number of rotatable bonds is 7. The predicted octanol–water partition coefficient (Wildman–Crippen LogP) is 4.84. The minimum Gasteiger partial charge on any atom is -0.494 e. The first-order chi connectivity index (χ1) is 15.8. The van der Waals surface area contributed by atoms with E-state index in [0.29, 0.717) is 41.5 Å². The molecule has 0 aliphatic carbocycles. The molecule has 1 heterocycles. The van der Waals surface area contributed by atoms with Crippen LogP contribution >= 0.6 is 0 Å². The van der Waals surface area contributed by atoms with Gasteiger partial charge < -0.3 is 14.8 Å². The van der Waals surface area contributed by atoms with Crippen LogP contribution < -0.4 is 19.1 Å². The lowest BCUT2D eigenvalue weighted by atomic mass is 10.1. The van der Waals surface area contributed by atoms with Crippen LogP contribution in [0.25, 0.3) is 0 Å². The van der Waals surface area contributed by atoms with Crippen molar-refractivity contribution in [3.63, 3.8) is 0 Å². The number of benzene rings is 3. The van der Waals surface area contributed by atoms with Gasteiger partial charge >= 0.3 is 0 Å². The minimum absolute atomic E-state index is 0.184. The number of nitrogens with zero attached hydrogens (tertiary/aromatic N) is 1. The molecule has 0 spiro atoms. The van der Waals surface area contributed by atoms with Crippen molar-refractivity contribution in [1.82, 2.24) is 0 Å². The second-order valence-electron chi connectivity index (χ2n) is 7.91. The summed E-state index contributed by atoms with van der Waals surface area (Å²) in [5, 5.41) is 2.90. The standard InChI is InChI=1S/C25H26N2O5S/c1-4-31-20-10-12-21(13-11-20)32-24-8-6-5-7-22(24)26-25(28)18-9-14-23-19(16-18)15-17(2)27(23)33(3,29)30/h5-14,16-17H,4,15H2,1-3H3,(H,26,28). The molecule has 0 saturated carbocycles. The SMILES string of the molecule is CCOc1ccc(Oc2ccccc2NC(=O)c2ccc3c(c2)CC(C)N3S(C)(=O)=O)cc1. The van der Waals surface area contributed by atoms with Crippen LogP contribution in [0.2, 0.25) is 0 Å². The molecule has 0 fully saturated rings. The molecule has 1 N–H and O–H groups in total. The van der Waals surface area contributed by atoms with Crippen molar-refractivity contribution in [2.24, 2.45) is 0 Å². The van der Waals surface area contributed by atoms with E-state index in [1.54, 1.807) is 42.5 Å². The lowest BCUT2D eigenvalue weighted by Gasteiger charge is -2.22. The highest BCUT2D eigenvalue weighted by molar-refractivity contribution is 7.92. The summed E-state index contributed by atoms with van der Waals surface area (Å²) in [5.41, 5.74) is 2.44. The van der Waals surface area contributed by atoms with Crippen molar-refractivity contribution in [3.05, 3.63) is 77.9 Å². The number of amides is 1. The molecule has 1 aliphatic heterocycles. The number of hydrogen-bond donors (Lipinski definition) is 1. The third-order valence-corrected chi connectivity index (χ3v) is 6.62. The van der Waals surface area contributed by atoms with Crippen LogP contribution in [0.15, 0.2) is 66.7 Å². The fraction of sp³-hybridized carbons (Fsp3) is 0.240. The molecule has 0 bridgehead atoms. The Morgan fingerprint density at radius 2 is 1.76 bits per heavy atom. The number of ether oxygens (including phenoxy) is 2. The van der Waals surface area contributed by atoms with Crippen LogP contribution in [0.5, 0.6) is 17.2 Å². The van der Waals surface area contributed by atoms with E-state index in [-0.39, 0.29) is 11.9 Å². The van der Waals surface area contributed by atoms with Gasteiger partial charge in [-0.3, -0.25) is 9.10 Å². The van der Waals surface area contributed by atoms with Gasteiger partial charge in [0, 0.05) is 11.6 Å². The first-order valence-corrected chi connectivity index (χ1v) is 12.5. The Bertz CT molecular complexity index is 1270. The second-order valence-corrected chi connectivity index (χ2v) is 9.77. The maximum Gasteiger partial charge on any atom is 0.255 e. The Kier molecular flexibility index (Phi) is 6.29. The normalized spacial score (nSPS) is 15.1. The maximum absolute atomic E-state index is 13.0. The third kappa shape index (κ3) is 4.96. The molecule has 3 aromatic carbocycles. The zero-order valence-electron chi connectivity index (χ0n) is 18.7. The Balaban J connectivity index is 1.52. The van der Waals surface area contributed by atoms with Crippen LogP contribution in [0.1, 0.15) is 29.8 Å². The number of fused-ring (bicyclic) bond motifs is 1. The van der Waals surface area contributed by atoms with E-state index in [1.807, 2.05) is 38.1 Å². The highest BCUT2D eigenvalue weighted by atomic mass is 32.2. The third-order valence-electron chi connectivity index (χ3n) is 5.35. The summed E-state index contributed by atoms with van der Waals surface area (Å²) in [7, 11) is -3.38. The van der Waals surface area contributed by atoms with Crippen LogP contribution in [-0.2, 0) is 16.4 Å². The molecule has 8 heteroatoms. The highest BCUT2D eigenvalue weighted by Gasteiger charge is 2.32. The summed E-state index contributed by atoms with van der Waals surface area (Å²) >= 11 is 0. The molecule has 0 aromatic heterocycles. The summed E-state index contributed by atoms with van der Waals surface area (Å²) in [5.74, 6) is 1.58. The molecule has 0 radical (unpaired) electrons. The fourth-order valence-electron chi connectivity index (χ4n) is 4.00. The van der Waals surface area contributed by atoms with E-state index in [1.165, 1.54) is 10.6 Å². The predicted molar refractivity (Wildman–Crippen MR) is 129 cm³/mol. The average Bonchev–Trinajstić information content (AvgIpc) is 3.12. The van der Waals surface area contributed by atoms with Gasteiger partial charge in [0.2, 0.25) is 10.0 Å². The Morgan fingerprint density at radius 1 is 1.06 bits per heavy atom. The number of para-hydroxylation sites is 2. The van der Waals surface area contributed by atoms with E-state index in [9.17, 15) is 13.2 Å². The van der Waals surface area contributed by atoms with Crippen LogP contribution in [-0.4, -0.2) is 33.2 Å². The Morgan fingerprint density at radius 3 is 2.45 bits per heavy atom. The van der Waals surface area contributed by atoms with Gasteiger partial charge in [0.1, 0.15) is 11.5 Å². The lowest BCUT2D eigenvalue weighted by molar-refractivity contribution is 0.102. The van der Waals surface area contributed by atoms with Crippen molar-refractivity contribution >= 4 is 27.3 Å². The van der Waals surface area contributed by atoms with Crippen molar-refractivity contribution in [3.8, 4) is 17.2 Å². The number of carbonyl (C=O) groups is 1. The van der Waals surface area contributed by atoms with Crippen molar-refractivity contribution in [1.29, 1.82) is 0 Å². The first-order valence-electron chi connectivity index (χ1n) is 10.7. The molecular weight excluding hydrogens is 440 g/mol. The second kappa shape index (κ2) is 9.15. The summed E-state index contributed by atoms with van der Waals surface area (Å²) in [4.78, 5) is 13.0. The number of carbonyl (C=O) groups excluding carboxylic acids is 1. The fourth-order valence-corrected chi connectivity index (χ4v) is 5.26. The zero-order chi connectivity index (χ0) is 23.6. The number of hydrogen-bond acceptors (Lipinski definition) is 5. The summed E-state index contributed by atoms with van der Waals surface area (Å²) in [6, 6.07) is 19.3. The van der Waals surface area contributed by atoms with Crippen molar-refractivity contribution in [2.45, 2.75) is 26.3 Å². The van der Waals surface area contributed by atoms with Crippen molar-refractivity contribution in [2.75, 3.05) is 22.5 Å². The number of anilines is 2. The quantitative estimate of drug-likeness (QED) is 0.539. The molecule has 3 aromatic rings. The molecule has 1 atom stereocenters. The van der Waals surface area contributed by atoms with Gasteiger partial charge in [-0.05, 0) is 80.4 Å². The number of nitrogens with one attached hydrogen (secondary N) is 1. The van der Waals surface area contributed by atoms with E-state index >= 15 is 0 Å². The van der Waals surface area contributed by atoms with Gasteiger partial charge in [-0.15, -0.1) is 0 Å². The van der Waals surface area contributed by atoms with E-state index in [0.717, 1.165) is 11.3 Å². The molecule has 0 saturated heterocycles. The zero-order valence-corrected chi connectivity index (χ0v) is 19.6. The van der Waals surface area contributed by atoms with Gasteiger partial charge in [0.25, 0.3) is 5.91 Å². The van der Waals surface area contributed by atoms with E-state index in [2.05, 4.69) is 5.32 Å². The Hall–Kier alpha value is -3.52. The minimum atomic E-state index is -3.38. The van der Waals surface area contributed by atoms with Gasteiger partial charge in [-0.1, -0.05) is 12.1 Å². The first kappa shape index (κ1) is 22.7. The van der Waals surface area contributed by atoms with Crippen molar-refractivity contribution < 1.29 is 22.7 Å². The molecule has 172 valence electrons. The molecule has 33 heavy (non-hydrogen) atoms. The monoisotopic (exact) mass is 466 g/mol. The highest BCUT2D eigenvalue weighted by Crippen LogP contribution is 2.35.